The number of aromatic nitrogens is 2. The summed E-state index contributed by atoms with van der Waals surface area (Å²) < 4.78 is 44.0. The van der Waals surface area contributed by atoms with Gasteiger partial charge in [-0.2, -0.15) is 0 Å². The molecule has 1 aliphatic heterocycles. The molecule has 0 fully saturated rings. The van der Waals surface area contributed by atoms with Crippen LogP contribution < -0.4 is 4.90 Å². The minimum Gasteiger partial charge on any atom is -0.377 e. The van der Waals surface area contributed by atoms with Crippen LogP contribution in [0.1, 0.15) is 22.1 Å². The number of nitro groups is 1. The highest BCUT2D eigenvalue weighted by atomic mass is 19.1. The number of anilines is 2. The molecule has 2 heterocycles. The first kappa shape index (κ1) is 28.4. The van der Waals surface area contributed by atoms with E-state index in [-0.39, 0.29) is 59.9 Å². The molecular formula is C27H21F2N5O8. The first-order valence-corrected chi connectivity index (χ1v) is 12.5. The number of amides is 3. The summed E-state index contributed by atoms with van der Waals surface area (Å²) >= 11 is 0. The summed E-state index contributed by atoms with van der Waals surface area (Å²) in [4.78, 5) is 50.7. The average Bonchev–Trinajstić information content (AvgIpc) is 3.47. The zero-order valence-corrected chi connectivity index (χ0v) is 21.6. The van der Waals surface area contributed by atoms with Gasteiger partial charge in [0.05, 0.1) is 42.7 Å². The number of nitrogens with zero attached hydrogens (tertiary/aromatic N) is 5. The Morgan fingerprint density at radius 2 is 1.79 bits per heavy atom. The second-order valence-electron chi connectivity index (χ2n) is 8.94. The van der Waals surface area contributed by atoms with Crippen molar-refractivity contribution in [2.24, 2.45) is 0 Å². The lowest BCUT2D eigenvalue weighted by Gasteiger charge is -2.28. The summed E-state index contributed by atoms with van der Waals surface area (Å²) in [6.07, 6.45) is -1.95. The number of hydrogen-bond acceptors (Lipinski definition) is 10. The molecule has 0 bridgehead atoms. The van der Waals surface area contributed by atoms with Gasteiger partial charge in [-0.1, -0.05) is 24.3 Å². The smallest absolute Gasteiger partial charge is 0.300 e. The number of nitro benzene ring substituents is 1. The molecule has 216 valence electrons. The quantitative estimate of drug-likeness (QED) is 0.111. The molecule has 42 heavy (non-hydrogen) atoms. The number of fused-ring (bicyclic) bond motifs is 2. The lowest BCUT2D eigenvalue weighted by atomic mass is 9.97. The number of halogens is 2. The predicted octanol–water partition coefficient (Wildman–Crippen LogP) is 3.66. The highest BCUT2D eigenvalue weighted by Gasteiger charge is 2.38. The monoisotopic (exact) mass is 581 g/mol. The van der Waals surface area contributed by atoms with Crippen LogP contribution in [-0.4, -0.2) is 70.8 Å². The highest BCUT2D eigenvalue weighted by molar-refractivity contribution is 6.11. The van der Waals surface area contributed by atoms with E-state index in [0.717, 1.165) is 21.9 Å². The fourth-order valence-electron chi connectivity index (χ4n) is 4.44. The molecule has 3 amide bonds. The van der Waals surface area contributed by atoms with E-state index in [2.05, 4.69) is 14.9 Å². The van der Waals surface area contributed by atoms with Gasteiger partial charge in [-0.3, -0.25) is 34.3 Å². The Labute approximate surface area is 235 Å². The molecule has 0 saturated carbocycles. The number of imide groups is 1. The minimum absolute atomic E-state index is 0.0318. The maximum absolute atomic E-state index is 14.5. The zero-order chi connectivity index (χ0) is 29.8. The second-order valence-corrected chi connectivity index (χ2v) is 8.94. The summed E-state index contributed by atoms with van der Waals surface area (Å²) in [5.74, 6) is -2.89. The third kappa shape index (κ3) is 5.55. The molecule has 15 heteroatoms. The summed E-state index contributed by atoms with van der Waals surface area (Å²) in [7, 11) is 0. The van der Waals surface area contributed by atoms with E-state index in [4.69, 9.17) is 9.47 Å². The summed E-state index contributed by atoms with van der Waals surface area (Å²) in [6, 6.07) is 13.5. The Balaban J connectivity index is 1.19. The van der Waals surface area contributed by atoms with Crippen LogP contribution in [0.25, 0.3) is 11.0 Å². The Kier molecular flexibility index (Phi) is 8.21. The van der Waals surface area contributed by atoms with E-state index in [1.54, 1.807) is 12.1 Å². The van der Waals surface area contributed by atoms with Crippen LogP contribution in [0.5, 0.6) is 0 Å². The number of hydrogen-bond donors (Lipinski definition) is 0. The van der Waals surface area contributed by atoms with Crippen molar-refractivity contribution >= 4 is 45.8 Å². The largest absolute Gasteiger partial charge is 0.377 e. The molecule has 4 aromatic rings. The molecule has 1 aromatic heterocycles. The van der Waals surface area contributed by atoms with Gasteiger partial charge in [0.1, 0.15) is 12.4 Å². The summed E-state index contributed by atoms with van der Waals surface area (Å²) in [5, 5.41) is 18.6. The van der Waals surface area contributed by atoms with Crippen LogP contribution in [-0.2, 0) is 19.1 Å². The maximum Gasteiger partial charge on any atom is 0.300 e. The first-order chi connectivity index (χ1) is 20.3. The molecule has 0 aliphatic carbocycles. The Morgan fingerprint density at radius 1 is 1.02 bits per heavy atom. The maximum atomic E-state index is 14.5. The third-order valence-corrected chi connectivity index (χ3v) is 6.38. The van der Waals surface area contributed by atoms with Crippen LogP contribution in [0.3, 0.4) is 0 Å². The molecule has 0 saturated heterocycles. The van der Waals surface area contributed by atoms with Gasteiger partial charge in [-0.05, 0) is 40.6 Å². The van der Waals surface area contributed by atoms with E-state index in [1.807, 2.05) is 0 Å². The van der Waals surface area contributed by atoms with Crippen LogP contribution in [0.2, 0.25) is 0 Å². The number of benzene rings is 3. The van der Waals surface area contributed by atoms with E-state index < -0.39 is 46.9 Å². The van der Waals surface area contributed by atoms with Crippen molar-refractivity contribution in [1.29, 1.82) is 0 Å². The van der Waals surface area contributed by atoms with E-state index >= 15 is 0 Å². The lowest BCUT2D eigenvalue weighted by Crippen LogP contribution is -2.45. The molecular weight excluding hydrogens is 560 g/mol. The van der Waals surface area contributed by atoms with Crippen molar-refractivity contribution in [1.82, 2.24) is 15.2 Å². The van der Waals surface area contributed by atoms with Gasteiger partial charge in [0.15, 0.2) is 5.52 Å². The minimum atomic E-state index is -1.95. The summed E-state index contributed by atoms with van der Waals surface area (Å²) in [6.45, 7) is -0.902. The normalized spacial score (nSPS) is 14.7. The molecule has 0 N–H and O–H groups in total. The van der Waals surface area contributed by atoms with Gasteiger partial charge in [0.25, 0.3) is 17.7 Å². The predicted molar refractivity (Wildman–Crippen MR) is 140 cm³/mol. The molecule has 0 radical (unpaired) electrons. The van der Waals surface area contributed by atoms with E-state index in [9.17, 15) is 33.3 Å². The van der Waals surface area contributed by atoms with Crippen molar-refractivity contribution < 1.29 is 42.2 Å². The average molecular weight is 581 g/mol. The Bertz CT molecular complexity index is 1680. The summed E-state index contributed by atoms with van der Waals surface area (Å²) in [5.41, 5.74) is -0.392. The highest BCUT2D eigenvalue weighted by Crippen LogP contribution is 2.35. The number of carbonyl (C=O) groups excluding carboxylic acids is 3. The van der Waals surface area contributed by atoms with Crippen LogP contribution in [0.4, 0.5) is 25.8 Å². The Morgan fingerprint density at radius 3 is 2.57 bits per heavy atom. The van der Waals surface area contributed by atoms with Crippen molar-refractivity contribution in [2.45, 2.75) is 6.17 Å². The van der Waals surface area contributed by atoms with Crippen LogP contribution in [0.15, 0.2) is 65.3 Å². The third-order valence-electron chi connectivity index (χ3n) is 6.38. The second kappa shape index (κ2) is 12.2. The van der Waals surface area contributed by atoms with Crippen molar-refractivity contribution in [2.75, 3.05) is 37.9 Å². The molecule has 1 aliphatic rings. The zero-order valence-electron chi connectivity index (χ0n) is 21.6. The van der Waals surface area contributed by atoms with Gasteiger partial charge < -0.3 is 9.47 Å². The van der Waals surface area contributed by atoms with Crippen molar-refractivity contribution in [3.05, 3.63) is 87.7 Å². The molecule has 3 aromatic carbocycles. The molecule has 5 rings (SSSR count). The van der Waals surface area contributed by atoms with Gasteiger partial charge in [0, 0.05) is 17.2 Å². The van der Waals surface area contributed by atoms with Crippen LogP contribution >= 0.6 is 0 Å². The van der Waals surface area contributed by atoms with E-state index in [1.165, 1.54) is 36.4 Å². The topological polar surface area (TPSA) is 158 Å². The number of non-ortho nitro benzene ring substituents is 1. The SMILES string of the molecule is O=C1c2ccccc2C(F)C(=O)N1CCOCCOCC(=O)N(c1cccc(F)c1)c1ccc([N+](=O)[O-])c2nonc12. The lowest BCUT2D eigenvalue weighted by molar-refractivity contribution is -0.383. The molecule has 1 unspecified atom stereocenters. The number of ether oxygens (including phenoxy) is 2. The Hall–Kier alpha value is -5.15. The fourth-order valence-corrected chi connectivity index (χ4v) is 4.44. The molecule has 1 atom stereocenters. The van der Waals surface area contributed by atoms with E-state index in [0.29, 0.717) is 0 Å². The van der Waals surface area contributed by atoms with Gasteiger partial charge in [-0.15, -0.1) is 0 Å². The van der Waals surface area contributed by atoms with Crippen LogP contribution in [0, 0.1) is 15.9 Å². The number of carbonyl (C=O) groups is 3. The number of rotatable bonds is 11. The number of alkyl halides is 1. The van der Waals surface area contributed by atoms with Crippen molar-refractivity contribution in [3.63, 3.8) is 0 Å². The standard InChI is InChI=1S/C27H21F2N5O8/c28-16-4-3-5-17(14-16)33(20-8-9-21(34(38)39)25-24(20)30-42-31-25)22(35)15-41-13-12-40-11-10-32-26(36)19-7-2-1-6-18(19)23(29)27(32)37/h1-9,14,23H,10-13,15H2. The molecule has 0 spiro atoms. The van der Waals surface area contributed by atoms with Crippen molar-refractivity contribution in [3.8, 4) is 0 Å². The fraction of sp³-hybridized carbons (Fsp3) is 0.222. The molecule has 13 nitrogen and oxygen atoms in total. The van der Waals surface area contributed by atoms with Gasteiger partial charge in [0.2, 0.25) is 11.7 Å². The van der Waals surface area contributed by atoms with Gasteiger partial charge >= 0.3 is 5.69 Å². The first-order valence-electron chi connectivity index (χ1n) is 12.5. The van der Waals surface area contributed by atoms with Gasteiger partial charge in [-0.25, -0.2) is 13.4 Å².